The van der Waals surface area contributed by atoms with Crippen molar-refractivity contribution in [2.45, 2.75) is 45.8 Å². The van der Waals surface area contributed by atoms with Crippen LogP contribution < -0.4 is 5.73 Å². The smallest absolute Gasteiger partial charge is 0.410 e. The Balaban J connectivity index is 2.08. The van der Waals surface area contributed by atoms with Crippen LogP contribution in [0.3, 0.4) is 0 Å². The Bertz CT molecular complexity index is 462. The average molecular weight is 266 g/mol. The van der Waals surface area contributed by atoms with Crippen LogP contribution in [0.4, 0.5) is 4.79 Å². The van der Waals surface area contributed by atoms with Gasteiger partial charge in [-0.05, 0) is 27.3 Å². The van der Waals surface area contributed by atoms with E-state index in [0.29, 0.717) is 19.6 Å². The highest BCUT2D eigenvalue weighted by molar-refractivity contribution is 5.68. The topological polar surface area (TPSA) is 84.2 Å². The molecule has 1 aromatic rings. The van der Waals surface area contributed by atoms with Crippen molar-refractivity contribution in [1.82, 2.24) is 15.1 Å². The van der Waals surface area contributed by atoms with Crippen LogP contribution in [0.2, 0.25) is 0 Å². The molecule has 1 amide bonds. The van der Waals surface area contributed by atoms with Gasteiger partial charge >= 0.3 is 6.09 Å². The van der Waals surface area contributed by atoms with E-state index in [9.17, 15) is 4.79 Å². The minimum atomic E-state index is -0.464. The monoisotopic (exact) mass is 266 g/mol. The van der Waals surface area contributed by atoms with Crippen molar-refractivity contribution in [3.8, 4) is 0 Å². The number of amides is 1. The molecule has 0 bridgehead atoms. The first-order valence-corrected chi connectivity index (χ1v) is 6.63. The van der Waals surface area contributed by atoms with Gasteiger partial charge in [-0.25, -0.2) is 4.79 Å². The lowest BCUT2D eigenvalue weighted by atomic mass is 10.0. The largest absolute Gasteiger partial charge is 0.444 e. The summed E-state index contributed by atoms with van der Waals surface area (Å²) in [5.41, 5.74) is 8.28. The summed E-state index contributed by atoms with van der Waals surface area (Å²) < 4.78 is 5.40. The molecule has 2 heterocycles. The third-order valence-electron chi connectivity index (χ3n) is 3.05. The van der Waals surface area contributed by atoms with Gasteiger partial charge in [-0.15, -0.1) is 0 Å². The van der Waals surface area contributed by atoms with E-state index in [2.05, 4.69) is 10.2 Å². The van der Waals surface area contributed by atoms with Crippen LogP contribution in [0.5, 0.6) is 0 Å². The van der Waals surface area contributed by atoms with Crippen LogP contribution in [0.1, 0.15) is 37.7 Å². The minimum absolute atomic E-state index is 0.266. The molecule has 1 aromatic heterocycles. The van der Waals surface area contributed by atoms with E-state index in [1.54, 1.807) is 4.90 Å². The SMILES string of the molecule is CC(C)(C)OC(=O)N1CCc2[nH]nc(CCN)c2C1. The fourth-order valence-electron chi connectivity index (χ4n) is 2.18. The van der Waals surface area contributed by atoms with E-state index >= 15 is 0 Å². The molecule has 0 aliphatic carbocycles. The van der Waals surface area contributed by atoms with E-state index < -0.39 is 5.60 Å². The number of aromatic amines is 1. The van der Waals surface area contributed by atoms with Crippen molar-refractivity contribution >= 4 is 6.09 Å². The minimum Gasteiger partial charge on any atom is -0.444 e. The van der Waals surface area contributed by atoms with Crippen LogP contribution in [-0.2, 0) is 24.1 Å². The maximum Gasteiger partial charge on any atom is 0.410 e. The standard InChI is InChI=1S/C13H22N4O2/c1-13(2,3)19-12(18)17-7-5-11-9(8-17)10(4-6-14)15-16-11/h4-8,14H2,1-3H3,(H,15,16). The summed E-state index contributed by atoms with van der Waals surface area (Å²) in [6.07, 6.45) is 1.25. The number of H-pyrrole nitrogens is 1. The fraction of sp³-hybridized carbons (Fsp3) is 0.692. The normalized spacial score (nSPS) is 15.3. The number of rotatable bonds is 2. The summed E-state index contributed by atoms with van der Waals surface area (Å²) >= 11 is 0. The molecule has 2 rings (SSSR count). The third kappa shape index (κ3) is 3.26. The van der Waals surface area contributed by atoms with Crippen LogP contribution in [0, 0.1) is 0 Å². The number of carbonyl (C=O) groups is 1. The highest BCUT2D eigenvalue weighted by Gasteiger charge is 2.28. The molecule has 19 heavy (non-hydrogen) atoms. The molecular formula is C13H22N4O2. The Hall–Kier alpha value is -1.56. The van der Waals surface area contributed by atoms with Crippen LogP contribution in [-0.4, -0.2) is 39.9 Å². The highest BCUT2D eigenvalue weighted by atomic mass is 16.6. The number of nitrogens with one attached hydrogen (secondary N) is 1. The molecule has 1 aliphatic heterocycles. The van der Waals surface area contributed by atoms with E-state index in [-0.39, 0.29) is 6.09 Å². The summed E-state index contributed by atoms with van der Waals surface area (Å²) in [7, 11) is 0. The first kappa shape index (κ1) is 13.9. The summed E-state index contributed by atoms with van der Waals surface area (Å²) in [5, 5.41) is 7.31. The molecule has 0 aromatic carbocycles. The van der Waals surface area contributed by atoms with Crippen molar-refractivity contribution in [1.29, 1.82) is 0 Å². The molecule has 3 N–H and O–H groups in total. The Morgan fingerprint density at radius 3 is 2.89 bits per heavy atom. The number of ether oxygens (including phenoxy) is 1. The van der Waals surface area contributed by atoms with Gasteiger partial charge in [0.2, 0.25) is 0 Å². The average Bonchev–Trinajstić information content (AvgIpc) is 2.70. The van der Waals surface area contributed by atoms with Gasteiger partial charge in [0.1, 0.15) is 5.60 Å². The van der Waals surface area contributed by atoms with Crippen molar-refractivity contribution in [3.05, 3.63) is 17.0 Å². The maximum absolute atomic E-state index is 12.1. The zero-order valence-corrected chi connectivity index (χ0v) is 11.8. The second-order valence-electron chi connectivity index (χ2n) is 5.82. The number of hydrogen-bond acceptors (Lipinski definition) is 4. The Kier molecular flexibility index (Phi) is 3.80. The summed E-state index contributed by atoms with van der Waals surface area (Å²) in [4.78, 5) is 13.8. The number of aromatic nitrogens is 2. The molecule has 106 valence electrons. The number of nitrogens with zero attached hydrogens (tertiary/aromatic N) is 2. The van der Waals surface area contributed by atoms with Gasteiger partial charge < -0.3 is 15.4 Å². The first-order valence-electron chi connectivity index (χ1n) is 6.63. The number of fused-ring (bicyclic) bond motifs is 1. The molecule has 6 nitrogen and oxygen atoms in total. The molecular weight excluding hydrogens is 244 g/mol. The fourth-order valence-corrected chi connectivity index (χ4v) is 2.18. The predicted octanol–water partition coefficient (Wildman–Crippen LogP) is 1.20. The van der Waals surface area contributed by atoms with Crippen molar-refractivity contribution in [3.63, 3.8) is 0 Å². The second-order valence-corrected chi connectivity index (χ2v) is 5.82. The second kappa shape index (κ2) is 5.21. The van der Waals surface area contributed by atoms with Crippen molar-refractivity contribution < 1.29 is 9.53 Å². The number of carbonyl (C=O) groups excluding carboxylic acids is 1. The lowest BCUT2D eigenvalue weighted by molar-refractivity contribution is 0.0223. The first-order chi connectivity index (χ1) is 8.90. The summed E-state index contributed by atoms with van der Waals surface area (Å²) in [5.74, 6) is 0. The predicted molar refractivity (Wildman–Crippen MR) is 71.7 cm³/mol. The van der Waals surface area contributed by atoms with Crippen LogP contribution in [0.25, 0.3) is 0 Å². The zero-order valence-electron chi connectivity index (χ0n) is 11.8. The molecule has 0 saturated carbocycles. The Morgan fingerprint density at radius 2 is 2.26 bits per heavy atom. The van der Waals surface area contributed by atoms with Gasteiger partial charge in [-0.1, -0.05) is 0 Å². The zero-order chi connectivity index (χ0) is 14.0. The van der Waals surface area contributed by atoms with Gasteiger partial charge in [0.05, 0.1) is 12.2 Å². The van der Waals surface area contributed by atoms with Gasteiger partial charge in [-0.3, -0.25) is 5.10 Å². The maximum atomic E-state index is 12.1. The molecule has 0 atom stereocenters. The van der Waals surface area contributed by atoms with E-state index in [0.717, 1.165) is 29.8 Å². The van der Waals surface area contributed by atoms with E-state index in [1.807, 2.05) is 20.8 Å². The molecule has 0 radical (unpaired) electrons. The molecule has 1 aliphatic rings. The highest BCUT2D eigenvalue weighted by Crippen LogP contribution is 2.22. The summed E-state index contributed by atoms with van der Waals surface area (Å²) in [6.45, 7) is 7.39. The third-order valence-corrected chi connectivity index (χ3v) is 3.05. The van der Waals surface area contributed by atoms with E-state index in [1.165, 1.54) is 0 Å². The molecule has 0 saturated heterocycles. The number of nitrogens with two attached hydrogens (primary N) is 1. The Morgan fingerprint density at radius 1 is 1.53 bits per heavy atom. The molecule has 0 spiro atoms. The lowest BCUT2D eigenvalue weighted by Crippen LogP contribution is -2.40. The van der Waals surface area contributed by atoms with Crippen LogP contribution >= 0.6 is 0 Å². The van der Waals surface area contributed by atoms with Gasteiger partial charge in [0.15, 0.2) is 0 Å². The quantitative estimate of drug-likeness (QED) is 0.842. The van der Waals surface area contributed by atoms with Crippen molar-refractivity contribution in [2.75, 3.05) is 13.1 Å². The van der Waals surface area contributed by atoms with E-state index in [4.69, 9.17) is 10.5 Å². The van der Waals surface area contributed by atoms with Crippen LogP contribution in [0.15, 0.2) is 0 Å². The molecule has 0 unspecified atom stereocenters. The molecule has 6 heteroatoms. The van der Waals surface area contributed by atoms with Gasteiger partial charge in [0, 0.05) is 30.6 Å². The number of hydrogen-bond donors (Lipinski definition) is 2. The van der Waals surface area contributed by atoms with Gasteiger partial charge in [-0.2, -0.15) is 5.10 Å². The lowest BCUT2D eigenvalue weighted by Gasteiger charge is -2.30. The van der Waals surface area contributed by atoms with Crippen molar-refractivity contribution in [2.24, 2.45) is 5.73 Å². The Labute approximate surface area is 113 Å². The molecule has 0 fully saturated rings. The summed E-state index contributed by atoms with van der Waals surface area (Å²) in [6, 6.07) is 0. The van der Waals surface area contributed by atoms with Gasteiger partial charge in [0.25, 0.3) is 0 Å².